The second-order valence-electron chi connectivity index (χ2n) is 6.54. The summed E-state index contributed by atoms with van der Waals surface area (Å²) in [5.74, 6) is -0.614. The van der Waals surface area contributed by atoms with Crippen molar-refractivity contribution in [2.45, 2.75) is 12.8 Å². The number of fused-ring (bicyclic) bond motifs is 1. The Morgan fingerprint density at radius 2 is 1.69 bits per heavy atom. The highest BCUT2D eigenvalue weighted by molar-refractivity contribution is 7.71. The third-order valence-corrected chi connectivity index (χ3v) is 4.97. The second-order valence-corrected chi connectivity index (χ2v) is 6.95. The van der Waals surface area contributed by atoms with Gasteiger partial charge in [0, 0.05) is 0 Å². The quantitative estimate of drug-likeness (QED) is 0.452. The molecule has 29 heavy (non-hydrogen) atoms. The van der Waals surface area contributed by atoms with Crippen molar-refractivity contribution in [3.8, 4) is 0 Å². The van der Waals surface area contributed by atoms with E-state index in [0.717, 1.165) is 11.1 Å². The number of anilines is 1. The highest BCUT2D eigenvalue weighted by Crippen LogP contribution is 2.42. The summed E-state index contributed by atoms with van der Waals surface area (Å²) in [6.07, 6.45) is 0. The number of nitrogens with one attached hydrogen (secondary N) is 3. The van der Waals surface area contributed by atoms with E-state index in [-0.39, 0.29) is 16.9 Å². The second kappa shape index (κ2) is 7.89. The maximum atomic E-state index is 13.1. The topological polar surface area (TPSA) is 87.0 Å². The van der Waals surface area contributed by atoms with Gasteiger partial charge in [-0.15, -0.1) is 0 Å². The number of benzene rings is 2. The van der Waals surface area contributed by atoms with Gasteiger partial charge in [0.15, 0.2) is 4.77 Å². The highest BCUT2D eigenvalue weighted by Gasteiger charge is 2.37. The van der Waals surface area contributed by atoms with Gasteiger partial charge in [-0.05, 0) is 30.3 Å². The van der Waals surface area contributed by atoms with Gasteiger partial charge in [-0.3, -0.25) is 9.78 Å². The Bertz CT molecular complexity index is 1200. The predicted molar refractivity (Wildman–Crippen MR) is 114 cm³/mol. The molecule has 1 aliphatic heterocycles. The molecule has 0 saturated heterocycles. The summed E-state index contributed by atoms with van der Waals surface area (Å²) in [7, 11) is 0. The summed E-state index contributed by atoms with van der Waals surface area (Å²) < 4.78 is 5.59. The van der Waals surface area contributed by atoms with Crippen molar-refractivity contribution in [3.05, 3.63) is 98.1 Å². The molecule has 3 N–H and O–H groups in total. The number of aromatic amines is 2. The fourth-order valence-corrected chi connectivity index (χ4v) is 3.79. The van der Waals surface area contributed by atoms with Crippen molar-refractivity contribution in [1.82, 2.24) is 9.97 Å². The molecule has 0 spiro atoms. The number of carbonyl (C=O) groups is 1. The Balaban J connectivity index is 2.06. The number of ether oxygens (including phenoxy) is 1. The van der Waals surface area contributed by atoms with Gasteiger partial charge >= 0.3 is 5.97 Å². The van der Waals surface area contributed by atoms with Crippen molar-refractivity contribution in [1.29, 1.82) is 0 Å². The molecule has 0 saturated carbocycles. The standard InChI is InChI=1S/C22H19N3O3S/c1-2-28-21(27)16-15(13-9-5-3-6-10-13)17-19(24-22(29)25-20(17)26)23-18(16)14-11-7-4-8-12-14/h3-12,15H,2H2,1H3,(H3,23,24,25,26,29). The van der Waals surface area contributed by atoms with Crippen molar-refractivity contribution in [2.24, 2.45) is 0 Å². The lowest BCUT2D eigenvalue weighted by Crippen LogP contribution is -2.31. The molecule has 0 amide bonds. The van der Waals surface area contributed by atoms with Gasteiger partial charge in [-0.1, -0.05) is 60.7 Å². The molecular weight excluding hydrogens is 386 g/mol. The first-order valence-corrected chi connectivity index (χ1v) is 9.66. The van der Waals surface area contributed by atoms with Crippen LogP contribution in [-0.2, 0) is 9.53 Å². The van der Waals surface area contributed by atoms with Crippen molar-refractivity contribution >= 4 is 29.7 Å². The Labute approximate surface area is 172 Å². The summed E-state index contributed by atoms with van der Waals surface area (Å²) in [6.45, 7) is 1.98. The van der Waals surface area contributed by atoms with Gasteiger partial charge in [0.1, 0.15) is 5.82 Å². The molecular formula is C22H19N3O3S. The fraction of sp³-hybridized carbons (Fsp3) is 0.136. The van der Waals surface area contributed by atoms with Gasteiger partial charge in [-0.25, -0.2) is 4.79 Å². The minimum Gasteiger partial charge on any atom is -0.463 e. The van der Waals surface area contributed by atoms with Crippen LogP contribution in [0.5, 0.6) is 0 Å². The third kappa shape index (κ3) is 3.52. The Hall–Kier alpha value is -3.45. The predicted octanol–water partition coefficient (Wildman–Crippen LogP) is 3.96. The van der Waals surface area contributed by atoms with Crippen LogP contribution in [0, 0.1) is 4.77 Å². The maximum absolute atomic E-state index is 13.1. The van der Waals surface area contributed by atoms with E-state index < -0.39 is 11.9 Å². The molecule has 0 fully saturated rings. The summed E-state index contributed by atoms with van der Waals surface area (Å²) in [4.78, 5) is 31.6. The smallest absolute Gasteiger partial charge is 0.337 e. The molecule has 4 rings (SSSR count). The largest absolute Gasteiger partial charge is 0.463 e. The number of rotatable bonds is 4. The number of hydrogen-bond acceptors (Lipinski definition) is 5. The van der Waals surface area contributed by atoms with E-state index in [4.69, 9.17) is 17.0 Å². The van der Waals surface area contributed by atoms with Crippen LogP contribution in [0.3, 0.4) is 0 Å². The van der Waals surface area contributed by atoms with Crippen LogP contribution >= 0.6 is 12.2 Å². The average Bonchev–Trinajstić information content (AvgIpc) is 2.73. The SMILES string of the molecule is CCOC(=O)C1=C(c2ccccc2)Nc2[nH]c(=S)[nH]c(=O)c2C1c1ccccc1. The van der Waals surface area contributed by atoms with Crippen LogP contribution in [0.25, 0.3) is 5.70 Å². The summed E-state index contributed by atoms with van der Waals surface area (Å²) in [5, 5.41) is 3.22. The molecule has 0 radical (unpaired) electrons. The Kier molecular flexibility index (Phi) is 5.14. The lowest BCUT2D eigenvalue weighted by atomic mass is 9.81. The summed E-state index contributed by atoms with van der Waals surface area (Å²) >= 11 is 5.16. The van der Waals surface area contributed by atoms with Crippen molar-refractivity contribution in [3.63, 3.8) is 0 Å². The number of esters is 1. The van der Waals surface area contributed by atoms with Crippen LogP contribution in [-0.4, -0.2) is 22.5 Å². The molecule has 2 heterocycles. The zero-order valence-electron chi connectivity index (χ0n) is 15.7. The lowest BCUT2D eigenvalue weighted by molar-refractivity contribution is -0.138. The molecule has 1 aliphatic rings. The zero-order chi connectivity index (χ0) is 20.4. The van der Waals surface area contributed by atoms with Crippen LogP contribution < -0.4 is 10.9 Å². The minimum absolute atomic E-state index is 0.208. The molecule has 0 bridgehead atoms. The summed E-state index contributed by atoms with van der Waals surface area (Å²) in [5.41, 5.74) is 2.63. The highest BCUT2D eigenvalue weighted by atomic mass is 32.1. The van der Waals surface area contributed by atoms with Gasteiger partial charge in [-0.2, -0.15) is 0 Å². The average molecular weight is 405 g/mol. The van der Waals surface area contributed by atoms with Gasteiger partial charge in [0.2, 0.25) is 0 Å². The van der Waals surface area contributed by atoms with Crippen LogP contribution in [0.15, 0.2) is 71.0 Å². The molecule has 0 aliphatic carbocycles. The van der Waals surface area contributed by atoms with Crippen molar-refractivity contribution < 1.29 is 9.53 Å². The minimum atomic E-state index is -0.614. The molecule has 146 valence electrons. The van der Waals surface area contributed by atoms with Crippen LogP contribution in [0.4, 0.5) is 5.82 Å². The first-order chi connectivity index (χ1) is 14.1. The van der Waals surface area contributed by atoms with Gasteiger partial charge in [0.05, 0.1) is 29.4 Å². The molecule has 1 unspecified atom stereocenters. The van der Waals surface area contributed by atoms with Crippen LogP contribution in [0.1, 0.15) is 29.5 Å². The van der Waals surface area contributed by atoms with E-state index in [9.17, 15) is 9.59 Å². The van der Waals surface area contributed by atoms with Gasteiger partial charge in [0.25, 0.3) is 5.56 Å². The van der Waals surface area contributed by atoms with Crippen LogP contribution in [0.2, 0.25) is 0 Å². The number of carbonyl (C=O) groups excluding carboxylic acids is 1. The number of hydrogen-bond donors (Lipinski definition) is 3. The Morgan fingerprint density at radius 3 is 2.34 bits per heavy atom. The third-order valence-electron chi connectivity index (χ3n) is 4.77. The molecule has 1 atom stereocenters. The van der Waals surface area contributed by atoms with E-state index in [1.54, 1.807) is 6.92 Å². The van der Waals surface area contributed by atoms with E-state index in [1.807, 2.05) is 60.7 Å². The molecule has 1 aromatic heterocycles. The van der Waals surface area contributed by atoms with E-state index in [0.29, 0.717) is 22.7 Å². The van der Waals surface area contributed by atoms with Crippen molar-refractivity contribution in [2.75, 3.05) is 11.9 Å². The lowest BCUT2D eigenvalue weighted by Gasteiger charge is -2.30. The normalized spacial score (nSPS) is 15.4. The Morgan fingerprint density at radius 1 is 1.03 bits per heavy atom. The molecule has 7 heteroatoms. The van der Waals surface area contributed by atoms with Gasteiger partial charge < -0.3 is 15.0 Å². The monoisotopic (exact) mass is 405 g/mol. The molecule has 3 aromatic rings. The first-order valence-electron chi connectivity index (χ1n) is 9.25. The van der Waals surface area contributed by atoms with E-state index in [2.05, 4.69) is 15.3 Å². The molecule has 2 aromatic carbocycles. The number of H-pyrrole nitrogens is 2. The van der Waals surface area contributed by atoms with E-state index in [1.165, 1.54) is 0 Å². The zero-order valence-corrected chi connectivity index (χ0v) is 16.5. The maximum Gasteiger partial charge on any atom is 0.337 e. The number of aromatic nitrogens is 2. The first kappa shape index (κ1) is 18.9. The van der Waals surface area contributed by atoms with E-state index >= 15 is 0 Å². The molecule has 6 nitrogen and oxygen atoms in total. The summed E-state index contributed by atoms with van der Waals surface area (Å²) in [6, 6.07) is 18.9. The fourth-order valence-electron chi connectivity index (χ4n) is 3.59.